The Labute approximate surface area is 428 Å². The van der Waals surface area contributed by atoms with E-state index in [4.69, 9.17) is 19.3 Å². The van der Waals surface area contributed by atoms with Gasteiger partial charge in [0.25, 0.3) is 0 Å². The van der Waals surface area contributed by atoms with Gasteiger partial charge in [0.1, 0.15) is 29.4 Å². The molecule has 4 N–H and O–H groups in total. The van der Waals surface area contributed by atoms with Crippen molar-refractivity contribution in [2.75, 3.05) is 13.1 Å². The number of aliphatic carboxylic acids is 1. The van der Waals surface area contributed by atoms with Crippen LogP contribution in [0.25, 0.3) is 21.5 Å². The van der Waals surface area contributed by atoms with Gasteiger partial charge in [-0.3, -0.25) is 29.1 Å². The van der Waals surface area contributed by atoms with Crippen molar-refractivity contribution in [3.63, 3.8) is 0 Å². The minimum atomic E-state index is -0.711. The minimum absolute atomic E-state index is 0.0128. The summed E-state index contributed by atoms with van der Waals surface area (Å²) >= 11 is 0. The van der Waals surface area contributed by atoms with Gasteiger partial charge in [-0.2, -0.15) is 0 Å². The van der Waals surface area contributed by atoms with E-state index in [2.05, 4.69) is 20.6 Å². The van der Waals surface area contributed by atoms with Crippen LogP contribution < -0.4 is 10.6 Å². The predicted octanol–water partition coefficient (Wildman–Crippen LogP) is 10.5. The van der Waals surface area contributed by atoms with Crippen LogP contribution in [0.2, 0.25) is 0 Å². The molecule has 15 heteroatoms. The molecule has 4 aromatic carbocycles. The van der Waals surface area contributed by atoms with Crippen LogP contribution in [0, 0.1) is 0 Å². The number of carbonyl (C=O) groups excluding carboxylic acids is 5. The van der Waals surface area contributed by atoms with Gasteiger partial charge in [-0.15, -0.1) is 0 Å². The number of pyridine rings is 2. The maximum atomic E-state index is 13.4. The summed E-state index contributed by atoms with van der Waals surface area (Å²) in [4.78, 5) is 80.6. The SMILES string of the molecule is CC(C)(C)OC(=O)NCC(C(=O)Cc1ccc2cnccc2c1)c1ccc(CO)cc1.CCCC(=O)O.CCCC(=O)OCc1ccc(C(CNC(=O)OC(C)(C)C)C(=O)Cc2ccc3cnccc3c2)cc1. The number of aliphatic hydroxyl groups is 1. The van der Waals surface area contributed by atoms with E-state index in [9.17, 15) is 33.9 Å². The molecule has 0 spiro atoms. The number of fused-ring (bicyclic) bond motifs is 2. The van der Waals surface area contributed by atoms with E-state index in [1.807, 2.05) is 98.8 Å². The van der Waals surface area contributed by atoms with E-state index in [1.54, 1.807) is 78.5 Å². The zero-order valence-electron chi connectivity index (χ0n) is 43.2. The molecule has 15 nitrogen and oxygen atoms in total. The van der Waals surface area contributed by atoms with Gasteiger partial charge in [0.05, 0.1) is 18.4 Å². The van der Waals surface area contributed by atoms with Crippen molar-refractivity contribution in [3.8, 4) is 0 Å². The Kier molecular flexibility index (Phi) is 22.7. The molecule has 0 aliphatic rings. The molecule has 0 fully saturated rings. The highest BCUT2D eigenvalue weighted by molar-refractivity contribution is 5.91. The van der Waals surface area contributed by atoms with E-state index in [0.29, 0.717) is 12.8 Å². The molecule has 6 rings (SSSR count). The number of nitrogens with zero attached hydrogens (tertiary/aromatic N) is 2. The van der Waals surface area contributed by atoms with Crippen molar-refractivity contribution in [3.05, 3.63) is 155 Å². The molecule has 2 unspecified atom stereocenters. The third-order valence-electron chi connectivity index (χ3n) is 10.9. The number of esters is 1. The Morgan fingerprint density at radius 2 is 0.959 bits per heavy atom. The third kappa shape index (κ3) is 21.0. The number of carboxylic acids is 1. The number of aromatic nitrogens is 2. The number of benzene rings is 4. The lowest BCUT2D eigenvalue weighted by Crippen LogP contribution is -2.36. The lowest BCUT2D eigenvalue weighted by Gasteiger charge is -2.22. The Morgan fingerprint density at radius 1 is 0.548 bits per heavy atom. The summed E-state index contributed by atoms with van der Waals surface area (Å²) in [6.07, 6.45) is 8.50. The van der Waals surface area contributed by atoms with Gasteiger partial charge in [-0.1, -0.05) is 98.8 Å². The summed E-state index contributed by atoms with van der Waals surface area (Å²) in [5.41, 5.74) is 3.68. The molecule has 2 aromatic heterocycles. The van der Waals surface area contributed by atoms with E-state index in [-0.39, 0.29) is 56.7 Å². The smallest absolute Gasteiger partial charge is 0.407 e. The van der Waals surface area contributed by atoms with Crippen LogP contribution in [-0.2, 0) is 59.4 Å². The lowest BCUT2D eigenvalue weighted by molar-refractivity contribution is -0.145. The van der Waals surface area contributed by atoms with Crippen molar-refractivity contribution in [1.82, 2.24) is 20.6 Å². The zero-order chi connectivity index (χ0) is 53.6. The fraction of sp³-hybridized carbons (Fsp3) is 0.379. The summed E-state index contributed by atoms with van der Waals surface area (Å²) in [5.74, 6) is -2.08. The normalized spacial score (nSPS) is 11.9. The minimum Gasteiger partial charge on any atom is -0.481 e. The van der Waals surface area contributed by atoms with Crippen LogP contribution in [0.15, 0.2) is 122 Å². The van der Waals surface area contributed by atoms with Crippen molar-refractivity contribution in [2.45, 2.75) is 130 Å². The molecule has 6 aromatic rings. The summed E-state index contributed by atoms with van der Waals surface area (Å²) in [5, 5.41) is 26.7. The number of rotatable bonds is 19. The molecule has 0 aliphatic carbocycles. The first-order valence-electron chi connectivity index (χ1n) is 24.5. The topological polar surface area (TPSA) is 220 Å². The van der Waals surface area contributed by atoms with Gasteiger partial charge in [-0.05, 0) is 111 Å². The molecule has 0 aliphatic heterocycles. The average Bonchev–Trinajstić information content (AvgIpc) is 3.33. The Balaban J connectivity index is 0.000000287. The van der Waals surface area contributed by atoms with Crippen LogP contribution in [0.5, 0.6) is 0 Å². The molecule has 2 amide bonds. The maximum Gasteiger partial charge on any atom is 0.407 e. The first-order chi connectivity index (χ1) is 34.7. The van der Waals surface area contributed by atoms with Crippen molar-refractivity contribution < 1.29 is 53.2 Å². The van der Waals surface area contributed by atoms with Crippen molar-refractivity contribution >= 4 is 57.2 Å². The molecule has 388 valence electrons. The molecule has 0 saturated heterocycles. The molecule has 2 atom stereocenters. The highest BCUT2D eigenvalue weighted by Gasteiger charge is 2.26. The third-order valence-corrected chi connectivity index (χ3v) is 10.9. The molecule has 2 heterocycles. The number of ether oxygens (including phenoxy) is 3. The molecule has 0 saturated carbocycles. The second kappa shape index (κ2) is 28.5. The van der Waals surface area contributed by atoms with Crippen LogP contribution >= 0.6 is 0 Å². The van der Waals surface area contributed by atoms with E-state index >= 15 is 0 Å². The van der Waals surface area contributed by atoms with Crippen LogP contribution in [-0.4, -0.2) is 80.2 Å². The van der Waals surface area contributed by atoms with Gasteiger partial charge in [0.15, 0.2) is 0 Å². The fourth-order valence-corrected chi connectivity index (χ4v) is 7.32. The van der Waals surface area contributed by atoms with Crippen molar-refractivity contribution in [2.24, 2.45) is 0 Å². The van der Waals surface area contributed by atoms with Crippen molar-refractivity contribution in [1.29, 1.82) is 0 Å². The number of alkyl carbamates (subject to hydrolysis) is 2. The number of hydrogen-bond acceptors (Lipinski definition) is 12. The second-order valence-corrected chi connectivity index (χ2v) is 19.5. The van der Waals surface area contributed by atoms with Gasteiger partial charge in [-0.25, -0.2) is 9.59 Å². The number of ketones is 2. The molecule has 0 radical (unpaired) electrons. The van der Waals surface area contributed by atoms with Crippen LogP contribution in [0.1, 0.15) is 126 Å². The van der Waals surface area contributed by atoms with Gasteiger partial charge in [0.2, 0.25) is 0 Å². The highest BCUT2D eigenvalue weighted by atomic mass is 16.6. The summed E-state index contributed by atoms with van der Waals surface area (Å²) in [6, 6.07) is 30.1. The number of Topliss-reactive ketones (excluding diaryl/α,β-unsaturated/α-hetero) is 2. The monoisotopic (exact) mass is 999 g/mol. The highest BCUT2D eigenvalue weighted by Crippen LogP contribution is 2.24. The number of carbonyl (C=O) groups is 6. The Bertz CT molecular complexity index is 2760. The first-order valence-corrected chi connectivity index (χ1v) is 24.5. The number of aliphatic hydroxyl groups excluding tert-OH is 1. The second-order valence-electron chi connectivity index (χ2n) is 19.5. The zero-order valence-corrected chi connectivity index (χ0v) is 43.2. The standard InChI is InChI=1S/C29H34N2O5.C25H28N2O4.C4H8O2/c1-5-6-27(33)35-19-20-7-10-22(11-8-20)25(18-31-28(34)36-29(2,3)4)26(32)16-21-9-12-24-17-30-14-13-23(24)15-21;1-25(2,3)31-24(30)27-15-22(19-7-4-17(16-28)5-8-19)23(29)13-18-6-9-21-14-26-11-10-20(21)12-18;1-2-3-4(5)6/h7-15,17,25H,5-6,16,18-19H2,1-4H3,(H,31,34);4-12,14,22,28H,13,15-16H2,1-3H3,(H,27,30);2-3H2,1H3,(H,5,6). The molecule has 0 bridgehead atoms. The lowest BCUT2D eigenvalue weighted by atomic mass is 9.90. The maximum absolute atomic E-state index is 13.4. The van der Waals surface area contributed by atoms with Gasteiger partial charge in [0, 0.05) is 74.3 Å². The summed E-state index contributed by atoms with van der Waals surface area (Å²) < 4.78 is 15.9. The van der Waals surface area contributed by atoms with E-state index in [0.717, 1.165) is 67.8 Å². The van der Waals surface area contributed by atoms with Crippen LogP contribution in [0.4, 0.5) is 9.59 Å². The number of amides is 2. The predicted molar refractivity (Wildman–Crippen MR) is 281 cm³/mol. The van der Waals surface area contributed by atoms with Gasteiger partial charge >= 0.3 is 24.1 Å². The van der Waals surface area contributed by atoms with E-state index in [1.165, 1.54) is 0 Å². The molecular weight excluding hydrogens is 929 g/mol. The first kappa shape index (κ1) is 58.1. The quantitative estimate of drug-likeness (QED) is 0.0439. The molecular formula is C58H70N4O11. The number of nitrogens with one attached hydrogen (secondary N) is 2. The van der Waals surface area contributed by atoms with Crippen LogP contribution in [0.3, 0.4) is 0 Å². The molecule has 73 heavy (non-hydrogen) atoms. The fourth-order valence-electron chi connectivity index (χ4n) is 7.32. The largest absolute Gasteiger partial charge is 0.481 e. The van der Waals surface area contributed by atoms with Gasteiger partial charge < -0.3 is 35.1 Å². The Morgan fingerprint density at radius 3 is 1.33 bits per heavy atom. The van der Waals surface area contributed by atoms with E-state index < -0.39 is 41.2 Å². The number of hydrogen-bond donors (Lipinski definition) is 4. The summed E-state index contributed by atoms with van der Waals surface area (Å²) in [6.45, 7) is 14.8. The summed E-state index contributed by atoms with van der Waals surface area (Å²) in [7, 11) is 0. The average molecular weight is 999 g/mol. The number of carboxylic acid groups (broad SMARTS) is 1. The Hall–Kier alpha value is -7.52.